The van der Waals surface area contributed by atoms with Gasteiger partial charge >= 0.3 is 0 Å². The summed E-state index contributed by atoms with van der Waals surface area (Å²) in [7, 11) is 0. The van der Waals surface area contributed by atoms with Crippen molar-refractivity contribution >= 4 is 35.3 Å². The fraction of sp³-hybridized carbons (Fsp3) is 0.600. The van der Waals surface area contributed by atoms with Gasteiger partial charge in [0.2, 0.25) is 0 Å². The summed E-state index contributed by atoms with van der Waals surface area (Å²) in [6, 6.07) is 0. The highest BCUT2D eigenvalue weighted by Crippen LogP contribution is 2.21. The minimum Gasteiger partial charge on any atom is -0.384 e. The first kappa shape index (κ1) is 13.5. The van der Waals surface area contributed by atoms with Gasteiger partial charge in [-0.3, -0.25) is 9.69 Å². The smallest absolute Gasteiger partial charge is 0.262 e. The molecule has 0 unspecified atom stereocenters. The molecule has 0 bridgehead atoms. The molecule has 1 aromatic heterocycles. The van der Waals surface area contributed by atoms with Crippen LogP contribution >= 0.6 is 23.6 Å². The Bertz CT molecular complexity index is 491. The van der Waals surface area contributed by atoms with E-state index in [0.717, 1.165) is 32.8 Å². The molecule has 1 aromatic rings. The van der Waals surface area contributed by atoms with Crippen LogP contribution in [0, 0.1) is 3.95 Å². The second-order valence-corrected chi connectivity index (χ2v) is 5.70. The molecule has 1 saturated heterocycles. The number of nitrogen functional groups attached to an aromatic ring is 1. The summed E-state index contributed by atoms with van der Waals surface area (Å²) in [5.41, 5.74) is 11.1. The van der Waals surface area contributed by atoms with Crippen molar-refractivity contribution in [3.05, 3.63) is 8.83 Å². The lowest BCUT2D eigenvalue weighted by Crippen LogP contribution is -2.38. The van der Waals surface area contributed by atoms with Crippen LogP contribution in [0.3, 0.4) is 0 Å². The molecule has 18 heavy (non-hydrogen) atoms. The van der Waals surface area contributed by atoms with E-state index in [1.165, 1.54) is 11.3 Å². The van der Waals surface area contributed by atoms with Crippen LogP contribution in [0.5, 0.6) is 0 Å². The van der Waals surface area contributed by atoms with Crippen LogP contribution in [-0.2, 0) is 11.3 Å². The number of carbonyl (C=O) groups is 1. The van der Waals surface area contributed by atoms with Gasteiger partial charge in [-0.2, -0.15) is 0 Å². The van der Waals surface area contributed by atoms with Gasteiger partial charge in [-0.25, -0.2) is 0 Å². The molecule has 1 fully saturated rings. The number of morpholine rings is 1. The maximum Gasteiger partial charge on any atom is 0.262 e. The summed E-state index contributed by atoms with van der Waals surface area (Å²) in [4.78, 5) is 13.8. The number of aromatic nitrogens is 1. The molecule has 0 saturated carbocycles. The van der Waals surface area contributed by atoms with Crippen LogP contribution in [0.1, 0.15) is 9.67 Å². The number of nitrogens with zero attached hydrogens (tertiary/aromatic N) is 2. The molecule has 1 amide bonds. The highest BCUT2D eigenvalue weighted by atomic mass is 32.1. The number of anilines is 1. The van der Waals surface area contributed by atoms with Crippen LogP contribution in [0.4, 0.5) is 5.82 Å². The predicted molar refractivity (Wildman–Crippen MR) is 73.3 cm³/mol. The largest absolute Gasteiger partial charge is 0.384 e. The Hall–Kier alpha value is -0.960. The van der Waals surface area contributed by atoms with E-state index in [4.69, 9.17) is 28.4 Å². The van der Waals surface area contributed by atoms with Crippen molar-refractivity contribution in [3.63, 3.8) is 0 Å². The molecule has 4 N–H and O–H groups in total. The van der Waals surface area contributed by atoms with Crippen LogP contribution in [0.15, 0.2) is 0 Å². The van der Waals surface area contributed by atoms with Crippen molar-refractivity contribution < 1.29 is 9.53 Å². The second-order valence-electron chi connectivity index (χ2n) is 4.05. The van der Waals surface area contributed by atoms with Crippen LogP contribution < -0.4 is 11.5 Å². The summed E-state index contributed by atoms with van der Waals surface area (Å²) >= 11 is 6.37. The van der Waals surface area contributed by atoms with Crippen molar-refractivity contribution in [2.75, 3.05) is 38.6 Å². The SMILES string of the molecule is NC(=O)c1sc(=S)n(CCN2CCOCC2)c1N. The second kappa shape index (κ2) is 5.79. The lowest BCUT2D eigenvalue weighted by Gasteiger charge is -2.26. The van der Waals surface area contributed by atoms with Gasteiger partial charge in [-0.1, -0.05) is 11.3 Å². The van der Waals surface area contributed by atoms with E-state index >= 15 is 0 Å². The van der Waals surface area contributed by atoms with Crippen LogP contribution in [-0.4, -0.2) is 48.2 Å². The normalized spacial score (nSPS) is 16.9. The number of amides is 1. The molecule has 8 heteroatoms. The van der Waals surface area contributed by atoms with E-state index in [-0.39, 0.29) is 0 Å². The standard InChI is InChI=1S/C10H16N4O2S2/c11-8-7(9(12)15)18-10(17)14(8)2-1-13-3-5-16-6-4-13/h1-6,11H2,(H2,12,15). The molecule has 0 radical (unpaired) electrons. The fourth-order valence-corrected chi connectivity index (χ4v) is 3.10. The Morgan fingerprint density at radius 1 is 1.39 bits per heavy atom. The van der Waals surface area contributed by atoms with Crippen molar-refractivity contribution in [2.24, 2.45) is 5.73 Å². The molecule has 6 nitrogen and oxygen atoms in total. The van der Waals surface area contributed by atoms with Crippen molar-refractivity contribution in [1.82, 2.24) is 9.47 Å². The van der Waals surface area contributed by atoms with Gasteiger partial charge in [-0.15, -0.1) is 0 Å². The zero-order valence-electron chi connectivity index (χ0n) is 9.92. The molecule has 0 spiro atoms. The summed E-state index contributed by atoms with van der Waals surface area (Å²) < 4.78 is 7.65. The highest BCUT2D eigenvalue weighted by molar-refractivity contribution is 7.73. The molecule has 100 valence electrons. The molecule has 1 aliphatic heterocycles. The summed E-state index contributed by atoms with van der Waals surface area (Å²) in [6.07, 6.45) is 0. The Morgan fingerprint density at radius 3 is 2.61 bits per heavy atom. The maximum absolute atomic E-state index is 11.2. The summed E-state index contributed by atoms with van der Waals surface area (Å²) in [6.45, 7) is 4.87. The van der Waals surface area contributed by atoms with Gasteiger partial charge in [0, 0.05) is 26.2 Å². The molecule has 2 rings (SSSR count). The van der Waals surface area contributed by atoms with Gasteiger partial charge < -0.3 is 20.8 Å². The minimum atomic E-state index is -0.520. The maximum atomic E-state index is 11.2. The topological polar surface area (TPSA) is 86.5 Å². The summed E-state index contributed by atoms with van der Waals surface area (Å²) in [5, 5.41) is 0. The number of thiazole rings is 1. The zero-order valence-corrected chi connectivity index (χ0v) is 11.6. The van der Waals surface area contributed by atoms with Crippen molar-refractivity contribution in [1.29, 1.82) is 0 Å². The number of primary amides is 1. The highest BCUT2D eigenvalue weighted by Gasteiger charge is 2.16. The van der Waals surface area contributed by atoms with Gasteiger partial charge in [0.15, 0.2) is 3.95 Å². The van der Waals surface area contributed by atoms with Crippen molar-refractivity contribution in [2.45, 2.75) is 6.54 Å². The van der Waals surface area contributed by atoms with E-state index in [9.17, 15) is 4.79 Å². The Labute approximate surface area is 114 Å². The van der Waals surface area contributed by atoms with Gasteiger partial charge in [0.05, 0.1) is 13.2 Å². The molecule has 0 atom stereocenters. The number of hydrogen-bond acceptors (Lipinski definition) is 6. The van der Waals surface area contributed by atoms with Gasteiger partial charge in [-0.05, 0) is 12.2 Å². The van der Waals surface area contributed by atoms with Crippen LogP contribution in [0.2, 0.25) is 0 Å². The minimum absolute atomic E-state index is 0.349. The molecule has 0 aromatic carbocycles. The first-order chi connectivity index (χ1) is 8.59. The van der Waals surface area contributed by atoms with Gasteiger partial charge in [0.25, 0.3) is 5.91 Å². The molecular weight excluding hydrogens is 272 g/mol. The number of hydrogen-bond donors (Lipinski definition) is 2. The average Bonchev–Trinajstić information content (AvgIpc) is 2.64. The van der Waals surface area contributed by atoms with Gasteiger partial charge in [0.1, 0.15) is 10.7 Å². The monoisotopic (exact) mass is 288 g/mol. The lowest BCUT2D eigenvalue weighted by atomic mass is 10.4. The van der Waals surface area contributed by atoms with E-state index in [1.54, 1.807) is 4.57 Å². The van der Waals surface area contributed by atoms with Crippen molar-refractivity contribution in [3.8, 4) is 0 Å². The quantitative estimate of drug-likeness (QED) is 0.778. The third-order valence-electron chi connectivity index (χ3n) is 2.90. The third kappa shape index (κ3) is 2.89. The molecule has 0 aliphatic carbocycles. The fourth-order valence-electron chi connectivity index (χ4n) is 1.87. The summed E-state index contributed by atoms with van der Waals surface area (Å²) in [5.74, 6) is -0.139. The average molecular weight is 288 g/mol. The predicted octanol–water partition coefficient (Wildman–Crippen LogP) is 0.292. The number of nitrogens with two attached hydrogens (primary N) is 2. The number of rotatable bonds is 4. The van der Waals surface area contributed by atoms with E-state index in [1.807, 2.05) is 0 Å². The van der Waals surface area contributed by atoms with E-state index in [2.05, 4.69) is 4.90 Å². The molecule has 2 heterocycles. The lowest BCUT2D eigenvalue weighted by molar-refractivity contribution is 0.0364. The van der Waals surface area contributed by atoms with Crippen LogP contribution in [0.25, 0.3) is 0 Å². The first-order valence-corrected chi connectivity index (χ1v) is 6.91. The molecule has 1 aliphatic rings. The van der Waals surface area contributed by atoms with E-state index < -0.39 is 5.91 Å². The number of ether oxygens (including phenoxy) is 1. The molecular formula is C10H16N4O2S2. The zero-order chi connectivity index (χ0) is 13.1. The number of carbonyl (C=O) groups excluding carboxylic acids is 1. The first-order valence-electron chi connectivity index (χ1n) is 5.68. The Balaban J connectivity index is 2.05. The Morgan fingerprint density at radius 2 is 2.06 bits per heavy atom. The van der Waals surface area contributed by atoms with E-state index in [0.29, 0.717) is 21.2 Å². The Kier molecular flexibility index (Phi) is 4.33. The third-order valence-corrected chi connectivity index (χ3v) is 4.38.